The fourth-order valence-corrected chi connectivity index (χ4v) is 2.15. The van der Waals surface area contributed by atoms with Gasteiger partial charge in [0.15, 0.2) is 11.5 Å². The number of carboxylic acids is 1. The van der Waals surface area contributed by atoms with Gasteiger partial charge in [-0.15, -0.1) is 0 Å². The van der Waals surface area contributed by atoms with E-state index in [4.69, 9.17) is 14.6 Å². The summed E-state index contributed by atoms with van der Waals surface area (Å²) in [7, 11) is 0. The third-order valence-electron chi connectivity index (χ3n) is 3.30. The maximum Gasteiger partial charge on any atom is 0.303 e. The third-order valence-corrected chi connectivity index (χ3v) is 3.30. The van der Waals surface area contributed by atoms with E-state index in [1.807, 2.05) is 25.1 Å². The molecule has 2 N–H and O–H groups in total. The number of fused-ring (bicyclic) bond motifs is 1. The lowest BCUT2D eigenvalue weighted by Gasteiger charge is -2.19. The molecule has 0 saturated heterocycles. The lowest BCUT2D eigenvalue weighted by atomic mass is 10.1. The zero-order chi connectivity index (χ0) is 14.4. The molecule has 0 spiro atoms. The zero-order valence-electron chi connectivity index (χ0n) is 11.7. The second-order valence-electron chi connectivity index (χ2n) is 5.02. The highest BCUT2D eigenvalue weighted by Gasteiger charge is 2.11. The summed E-state index contributed by atoms with van der Waals surface area (Å²) in [6.07, 6.45) is 1.74. The largest absolute Gasteiger partial charge is 0.486 e. The van der Waals surface area contributed by atoms with Gasteiger partial charge < -0.3 is 19.9 Å². The number of carbonyl (C=O) groups is 1. The van der Waals surface area contributed by atoms with Gasteiger partial charge in [0.2, 0.25) is 0 Å². The molecular formula is C15H21NO4. The summed E-state index contributed by atoms with van der Waals surface area (Å²) < 4.78 is 11.0. The average Bonchev–Trinajstić information content (AvgIpc) is 2.45. The first-order valence-corrected chi connectivity index (χ1v) is 6.99. The Morgan fingerprint density at radius 1 is 1.35 bits per heavy atom. The fraction of sp³-hybridized carbons (Fsp3) is 0.533. The Hall–Kier alpha value is -1.75. The molecule has 5 nitrogen and oxygen atoms in total. The molecule has 0 fully saturated rings. The van der Waals surface area contributed by atoms with E-state index in [1.165, 1.54) is 5.56 Å². The van der Waals surface area contributed by atoms with Crippen molar-refractivity contribution in [3.05, 3.63) is 23.8 Å². The molecule has 0 aliphatic carbocycles. The van der Waals surface area contributed by atoms with Crippen LogP contribution in [0.15, 0.2) is 18.2 Å². The van der Waals surface area contributed by atoms with E-state index in [9.17, 15) is 4.79 Å². The van der Waals surface area contributed by atoms with E-state index in [0.717, 1.165) is 24.5 Å². The molecule has 5 heteroatoms. The summed E-state index contributed by atoms with van der Waals surface area (Å²) >= 11 is 0. The SMILES string of the molecule is CC(CCC(=O)O)NCCc1ccc2c(c1)OCCO2. The second-order valence-corrected chi connectivity index (χ2v) is 5.02. The van der Waals surface area contributed by atoms with E-state index < -0.39 is 5.97 Å². The zero-order valence-corrected chi connectivity index (χ0v) is 11.7. The molecule has 1 atom stereocenters. The molecule has 1 aromatic rings. The van der Waals surface area contributed by atoms with Gasteiger partial charge in [0, 0.05) is 12.5 Å². The average molecular weight is 279 g/mol. The summed E-state index contributed by atoms with van der Waals surface area (Å²) in [4.78, 5) is 10.5. The summed E-state index contributed by atoms with van der Waals surface area (Å²) in [5, 5.41) is 12.0. The Labute approximate surface area is 118 Å². The molecular weight excluding hydrogens is 258 g/mol. The first-order chi connectivity index (χ1) is 9.65. The summed E-state index contributed by atoms with van der Waals surface area (Å²) in [5.41, 5.74) is 1.19. The highest BCUT2D eigenvalue weighted by Crippen LogP contribution is 2.30. The van der Waals surface area contributed by atoms with Crippen LogP contribution in [-0.2, 0) is 11.2 Å². The van der Waals surface area contributed by atoms with Gasteiger partial charge in [-0.2, -0.15) is 0 Å². The van der Waals surface area contributed by atoms with E-state index in [1.54, 1.807) is 0 Å². The van der Waals surface area contributed by atoms with Gasteiger partial charge >= 0.3 is 5.97 Å². The van der Waals surface area contributed by atoms with Crippen LogP contribution < -0.4 is 14.8 Å². The first kappa shape index (κ1) is 14.7. The van der Waals surface area contributed by atoms with Crippen molar-refractivity contribution >= 4 is 5.97 Å². The normalized spacial score (nSPS) is 14.8. The molecule has 1 aliphatic heterocycles. The third kappa shape index (κ3) is 4.42. The van der Waals surface area contributed by atoms with Crippen molar-refractivity contribution in [1.82, 2.24) is 5.32 Å². The minimum Gasteiger partial charge on any atom is -0.486 e. The van der Waals surface area contributed by atoms with Gasteiger partial charge in [0.05, 0.1) is 0 Å². The number of carboxylic acid groups (broad SMARTS) is 1. The van der Waals surface area contributed by atoms with Crippen molar-refractivity contribution in [2.75, 3.05) is 19.8 Å². The highest BCUT2D eigenvalue weighted by atomic mass is 16.6. The number of ether oxygens (including phenoxy) is 2. The Morgan fingerprint density at radius 3 is 2.85 bits per heavy atom. The molecule has 110 valence electrons. The molecule has 1 aromatic carbocycles. The van der Waals surface area contributed by atoms with E-state index in [2.05, 4.69) is 5.32 Å². The standard InChI is InChI=1S/C15H21NO4/c1-11(2-5-15(17)18)16-7-6-12-3-4-13-14(10-12)20-9-8-19-13/h3-4,10-11,16H,2,5-9H2,1H3,(H,17,18). The van der Waals surface area contributed by atoms with E-state index >= 15 is 0 Å². The molecule has 0 amide bonds. The topological polar surface area (TPSA) is 67.8 Å². The molecule has 0 radical (unpaired) electrons. The van der Waals surface area contributed by atoms with Crippen LogP contribution in [-0.4, -0.2) is 36.9 Å². The van der Waals surface area contributed by atoms with Crippen molar-refractivity contribution < 1.29 is 19.4 Å². The molecule has 2 rings (SSSR count). The van der Waals surface area contributed by atoms with Crippen LogP contribution in [0.2, 0.25) is 0 Å². The van der Waals surface area contributed by atoms with Gasteiger partial charge in [-0.3, -0.25) is 4.79 Å². The van der Waals surface area contributed by atoms with Crippen molar-refractivity contribution in [1.29, 1.82) is 0 Å². The summed E-state index contributed by atoms with van der Waals surface area (Å²) in [6.45, 7) is 4.03. The highest BCUT2D eigenvalue weighted by molar-refractivity contribution is 5.66. The van der Waals surface area contributed by atoms with Crippen LogP contribution in [0.4, 0.5) is 0 Å². The van der Waals surface area contributed by atoms with Crippen LogP contribution in [0.25, 0.3) is 0 Å². The van der Waals surface area contributed by atoms with Crippen LogP contribution in [0.1, 0.15) is 25.3 Å². The lowest BCUT2D eigenvalue weighted by molar-refractivity contribution is -0.137. The summed E-state index contributed by atoms with van der Waals surface area (Å²) in [5.74, 6) is 0.876. The van der Waals surface area contributed by atoms with Crippen molar-refractivity contribution in [3.8, 4) is 11.5 Å². The molecule has 0 bridgehead atoms. The molecule has 1 unspecified atom stereocenters. The first-order valence-electron chi connectivity index (χ1n) is 6.99. The quantitative estimate of drug-likeness (QED) is 0.797. The molecule has 20 heavy (non-hydrogen) atoms. The second kappa shape index (κ2) is 7.14. The number of aliphatic carboxylic acids is 1. The Kier molecular flexibility index (Phi) is 5.24. The Balaban J connectivity index is 1.75. The van der Waals surface area contributed by atoms with Crippen molar-refractivity contribution in [3.63, 3.8) is 0 Å². The van der Waals surface area contributed by atoms with Crippen LogP contribution in [0.5, 0.6) is 11.5 Å². The fourth-order valence-electron chi connectivity index (χ4n) is 2.15. The molecule has 0 saturated carbocycles. The number of hydrogen-bond donors (Lipinski definition) is 2. The van der Waals surface area contributed by atoms with Crippen LogP contribution in [0.3, 0.4) is 0 Å². The van der Waals surface area contributed by atoms with Crippen molar-refractivity contribution in [2.24, 2.45) is 0 Å². The van der Waals surface area contributed by atoms with E-state index in [0.29, 0.717) is 19.6 Å². The Morgan fingerprint density at radius 2 is 2.10 bits per heavy atom. The number of rotatable bonds is 7. The predicted molar refractivity (Wildman–Crippen MR) is 75.5 cm³/mol. The lowest BCUT2D eigenvalue weighted by Crippen LogP contribution is -2.28. The van der Waals surface area contributed by atoms with Gasteiger partial charge in [0.25, 0.3) is 0 Å². The number of hydrogen-bond acceptors (Lipinski definition) is 4. The molecule has 1 heterocycles. The Bertz CT molecular complexity index is 461. The summed E-state index contributed by atoms with van der Waals surface area (Å²) in [6, 6.07) is 6.20. The predicted octanol–water partition coefficient (Wildman–Crippen LogP) is 1.84. The van der Waals surface area contributed by atoms with Crippen LogP contribution >= 0.6 is 0 Å². The molecule has 0 aromatic heterocycles. The van der Waals surface area contributed by atoms with Gasteiger partial charge in [0.1, 0.15) is 13.2 Å². The minimum atomic E-state index is -0.745. The number of benzene rings is 1. The van der Waals surface area contributed by atoms with Gasteiger partial charge in [-0.1, -0.05) is 6.07 Å². The van der Waals surface area contributed by atoms with Gasteiger partial charge in [-0.05, 0) is 44.0 Å². The van der Waals surface area contributed by atoms with E-state index in [-0.39, 0.29) is 12.5 Å². The van der Waals surface area contributed by atoms with Crippen molar-refractivity contribution in [2.45, 2.75) is 32.2 Å². The van der Waals surface area contributed by atoms with Crippen LogP contribution in [0, 0.1) is 0 Å². The maximum absolute atomic E-state index is 10.5. The minimum absolute atomic E-state index is 0.207. The van der Waals surface area contributed by atoms with Gasteiger partial charge in [-0.25, -0.2) is 0 Å². The smallest absolute Gasteiger partial charge is 0.303 e. The number of nitrogens with one attached hydrogen (secondary N) is 1. The molecule has 1 aliphatic rings. The maximum atomic E-state index is 10.5. The monoisotopic (exact) mass is 279 g/mol.